The lowest BCUT2D eigenvalue weighted by Crippen LogP contribution is -2.17. The van der Waals surface area contributed by atoms with Crippen molar-refractivity contribution in [1.82, 2.24) is 35.0 Å². The molecule has 2 rings (SSSR count). The molecule has 0 saturated carbocycles. The van der Waals surface area contributed by atoms with Gasteiger partial charge in [-0.2, -0.15) is 0 Å². The molecule has 2 heterocycles. The molecule has 0 bridgehead atoms. The summed E-state index contributed by atoms with van der Waals surface area (Å²) in [6, 6.07) is 0. The van der Waals surface area contributed by atoms with E-state index < -0.39 is 5.97 Å². The summed E-state index contributed by atoms with van der Waals surface area (Å²) in [6.45, 7) is 4.09. The SMILES string of the molecule is CCOC(=O)c1nnnn1Cc1nnc(C)n1C. The molecule has 2 aromatic rings. The average molecular weight is 251 g/mol. The predicted molar refractivity (Wildman–Crippen MR) is 58.6 cm³/mol. The summed E-state index contributed by atoms with van der Waals surface area (Å²) in [4.78, 5) is 11.6. The first kappa shape index (κ1) is 12.1. The fourth-order valence-corrected chi connectivity index (χ4v) is 1.38. The van der Waals surface area contributed by atoms with E-state index in [-0.39, 0.29) is 19.0 Å². The topological polar surface area (TPSA) is 101 Å². The molecule has 9 heteroatoms. The van der Waals surface area contributed by atoms with Crippen LogP contribution in [0.4, 0.5) is 0 Å². The van der Waals surface area contributed by atoms with Crippen LogP contribution >= 0.6 is 0 Å². The molecule has 0 aliphatic rings. The Morgan fingerprint density at radius 2 is 2.11 bits per heavy atom. The molecule has 0 amide bonds. The van der Waals surface area contributed by atoms with Gasteiger partial charge in [-0.3, -0.25) is 0 Å². The Kier molecular flexibility index (Phi) is 3.31. The maximum Gasteiger partial charge on any atom is 0.378 e. The minimum Gasteiger partial charge on any atom is -0.460 e. The zero-order valence-corrected chi connectivity index (χ0v) is 10.4. The largest absolute Gasteiger partial charge is 0.460 e. The molecule has 0 aliphatic carbocycles. The monoisotopic (exact) mass is 251 g/mol. The molecule has 0 fully saturated rings. The highest BCUT2D eigenvalue weighted by Crippen LogP contribution is 2.02. The van der Waals surface area contributed by atoms with Gasteiger partial charge in [-0.1, -0.05) is 0 Å². The third-order valence-electron chi connectivity index (χ3n) is 2.46. The lowest BCUT2D eigenvalue weighted by molar-refractivity contribution is 0.0505. The second kappa shape index (κ2) is 4.90. The van der Waals surface area contributed by atoms with Gasteiger partial charge in [0.25, 0.3) is 5.82 Å². The summed E-state index contributed by atoms with van der Waals surface area (Å²) in [5.74, 6) is 0.931. The quantitative estimate of drug-likeness (QED) is 0.664. The van der Waals surface area contributed by atoms with Crippen molar-refractivity contribution in [3.05, 3.63) is 17.5 Å². The first-order valence-electron chi connectivity index (χ1n) is 5.41. The molecule has 0 aromatic carbocycles. The van der Waals surface area contributed by atoms with Crippen molar-refractivity contribution >= 4 is 5.97 Å². The maximum atomic E-state index is 11.6. The first-order valence-corrected chi connectivity index (χ1v) is 5.41. The number of aryl methyl sites for hydroxylation is 1. The molecule has 0 aliphatic heterocycles. The lowest BCUT2D eigenvalue weighted by atomic mass is 10.5. The first-order chi connectivity index (χ1) is 8.63. The molecule has 0 unspecified atom stereocenters. The minimum absolute atomic E-state index is 0.0532. The van der Waals surface area contributed by atoms with E-state index in [4.69, 9.17) is 4.74 Å². The Labute approximate surface area is 103 Å². The van der Waals surface area contributed by atoms with Crippen LogP contribution in [-0.2, 0) is 18.3 Å². The highest BCUT2D eigenvalue weighted by Gasteiger charge is 2.18. The van der Waals surface area contributed by atoms with Crippen LogP contribution in [0.2, 0.25) is 0 Å². The number of rotatable bonds is 4. The van der Waals surface area contributed by atoms with Crippen LogP contribution in [0.15, 0.2) is 0 Å². The normalized spacial score (nSPS) is 10.6. The number of tetrazole rings is 1. The summed E-state index contributed by atoms with van der Waals surface area (Å²) in [7, 11) is 1.83. The van der Waals surface area contributed by atoms with E-state index in [2.05, 4.69) is 25.7 Å². The Bertz CT molecular complexity index is 559. The van der Waals surface area contributed by atoms with E-state index in [1.165, 1.54) is 4.68 Å². The summed E-state index contributed by atoms with van der Waals surface area (Å²) in [5.41, 5.74) is 0. The van der Waals surface area contributed by atoms with Gasteiger partial charge >= 0.3 is 5.97 Å². The summed E-state index contributed by atoms with van der Waals surface area (Å²) in [6.07, 6.45) is 0. The van der Waals surface area contributed by atoms with Gasteiger partial charge in [0, 0.05) is 7.05 Å². The molecule has 2 aromatic heterocycles. The van der Waals surface area contributed by atoms with Crippen molar-refractivity contribution in [3.63, 3.8) is 0 Å². The van der Waals surface area contributed by atoms with Crippen LogP contribution in [0.1, 0.15) is 29.2 Å². The van der Waals surface area contributed by atoms with E-state index in [1.54, 1.807) is 11.5 Å². The van der Waals surface area contributed by atoms with Gasteiger partial charge in [0.2, 0.25) is 0 Å². The smallest absolute Gasteiger partial charge is 0.378 e. The van der Waals surface area contributed by atoms with Gasteiger partial charge in [0.15, 0.2) is 5.82 Å². The number of aromatic nitrogens is 7. The molecule has 0 radical (unpaired) electrons. The van der Waals surface area contributed by atoms with E-state index in [0.29, 0.717) is 5.82 Å². The predicted octanol–water partition coefficient (Wildman–Crippen LogP) is -0.665. The van der Waals surface area contributed by atoms with Crippen molar-refractivity contribution in [2.24, 2.45) is 7.05 Å². The molecule has 18 heavy (non-hydrogen) atoms. The molecule has 0 atom stereocenters. The molecule has 0 spiro atoms. The van der Waals surface area contributed by atoms with Crippen LogP contribution in [0.5, 0.6) is 0 Å². The number of hydrogen-bond donors (Lipinski definition) is 0. The number of hydrogen-bond acceptors (Lipinski definition) is 7. The number of carbonyl (C=O) groups is 1. The van der Waals surface area contributed by atoms with Crippen LogP contribution < -0.4 is 0 Å². The van der Waals surface area contributed by atoms with Gasteiger partial charge in [-0.25, -0.2) is 9.48 Å². The maximum absolute atomic E-state index is 11.6. The van der Waals surface area contributed by atoms with Gasteiger partial charge in [-0.05, 0) is 24.3 Å². The number of esters is 1. The summed E-state index contributed by atoms with van der Waals surface area (Å²) >= 11 is 0. The van der Waals surface area contributed by atoms with Crippen molar-refractivity contribution in [2.45, 2.75) is 20.4 Å². The molecule has 96 valence electrons. The van der Waals surface area contributed by atoms with E-state index in [0.717, 1.165) is 5.82 Å². The molecular weight excluding hydrogens is 238 g/mol. The zero-order chi connectivity index (χ0) is 13.1. The Balaban J connectivity index is 2.22. The van der Waals surface area contributed by atoms with Gasteiger partial charge in [0.05, 0.1) is 6.61 Å². The van der Waals surface area contributed by atoms with Crippen molar-refractivity contribution in [2.75, 3.05) is 6.61 Å². The minimum atomic E-state index is -0.554. The van der Waals surface area contributed by atoms with E-state index in [9.17, 15) is 4.79 Å². The Hall–Kier alpha value is -2.32. The van der Waals surface area contributed by atoms with E-state index in [1.807, 2.05) is 14.0 Å². The van der Waals surface area contributed by atoms with Crippen LogP contribution in [0, 0.1) is 6.92 Å². The zero-order valence-electron chi connectivity index (χ0n) is 10.4. The molecule has 9 nitrogen and oxygen atoms in total. The Morgan fingerprint density at radius 1 is 1.33 bits per heavy atom. The molecule has 0 N–H and O–H groups in total. The van der Waals surface area contributed by atoms with Gasteiger partial charge in [-0.15, -0.1) is 15.3 Å². The highest BCUT2D eigenvalue weighted by atomic mass is 16.5. The highest BCUT2D eigenvalue weighted by molar-refractivity contribution is 5.85. The summed E-state index contributed by atoms with van der Waals surface area (Å²) < 4.78 is 7.99. The second-order valence-corrected chi connectivity index (χ2v) is 3.60. The molecule has 0 saturated heterocycles. The average Bonchev–Trinajstić information content (AvgIpc) is 2.92. The van der Waals surface area contributed by atoms with E-state index >= 15 is 0 Å². The van der Waals surface area contributed by atoms with Gasteiger partial charge in [0.1, 0.15) is 12.4 Å². The molecular formula is C9H13N7O2. The van der Waals surface area contributed by atoms with Crippen LogP contribution in [0.25, 0.3) is 0 Å². The van der Waals surface area contributed by atoms with Crippen LogP contribution in [0.3, 0.4) is 0 Å². The van der Waals surface area contributed by atoms with Crippen molar-refractivity contribution in [1.29, 1.82) is 0 Å². The Morgan fingerprint density at radius 3 is 2.72 bits per heavy atom. The van der Waals surface area contributed by atoms with Crippen LogP contribution in [-0.4, -0.2) is 47.5 Å². The van der Waals surface area contributed by atoms with Crippen molar-refractivity contribution < 1.29 is 9.53 Å². The third kappa shape index (κ3) is 2.19. The van der Waals surface area contributed by atoms with Gasteiger partial charge < -0.3 is 9.30 Å². The number of carbonyl (C=O) groups excluding carboxylic acids is 1. The van der Waals surface area contributed by atoms with Crippen molar-refractivity contribution in [3.8, 4) is 0 Å². The lowest BCUT2D eigenvalue weighted by Gasteiger charge is -2.04. The summed E-state index contributed by atoms with van der Waals surface area (Å²) in [5, 5.41) is 18.7. The standard InChI is InChI=1S/C9H13N7O2/c1-4-18-9(17)8-12-13-14-16(8)5-7-11-10-6(2)15(7)3/h4-5H2,1-3H3. The third-order valence-corrected chi connectivity index (χ3v) is 2.46. The number of nitrogens with zero attached hydrogens (tertiary/aromatic N) is 7. The fraction of sp³-hybridized carbons (Fsp3) is 0.556. The number of ether oxygens (including phenoxy) is 1. The fourth-order valence-electron chi connectivity index (χ4n) is 1.38. The second-order valence-electron chi connectivity index (χ2n) is 3.60.